The molecule has 1 aromatic heterocycles. The van der Waals surface area contributed by atoms with Crippen molar-refractivity contribution in [2.24, 2.45) is 5.92 Å². The maximum Gasteiger partial charge on any atom is 0.227 e. The van der Waals surface area contributed by atoms with Crippen LogP contribution in [0.15, 0.2) is 36.4 Å². The van der Waals surface area contributed by atoms with Crippen LogP contribution < -0.4 is 20.1 Å². The van der Waals surface area contributed by atoms with E-state index in [2.05, 4.69) is 15.6 Å². The van der Waals surface area contributed by atoms with Gasteiger partial charge in [0, 0.05) is 30.2 Å². The lowest BCUT2D eigenvalue weighted by Gasteiger charge is -2.24. The molecule has 0 bridgehead atoms. The maximum absolute atomic E-state index is 12.4. The molecule has 5 rings (SSSR count). The summed E-state index contributed by atoms with van der Waals surface area (Å²) in [6.07, 6.45) is 1.41. The molecule has 0 fully saturated rings. The number of aromatic nitrogens is 1. The molecule has 2 aliphatic rings. The Kier molecular flexibility index (Phi) is 4.55. The number of carbonyl (C=O) groups is 2. The molecule has 3 heterocycles. The Morgan fingerprint density at radius 1 is 1.21 bits per heavy atom. The van der Waals surface area contributed by atoms with E-state index < -0.39 is 0 Å². The molecule has 2 N–H and O–H groups in total. The highest BCUT2D eigenvalue weighted by Gasteiger charge is 2.26. The van der Waals surface area contributed by atoms with Gasteiger partial charge in [0.15, 0.2) is 16.6 Å². The minimum Gasteiger partial charge on any atom is -0.486 e. The second-order valence-corrected chi connectivity index (χ2v) is 8.15. The number of hydrogen-bond donors (Lipinski definition) is 2. The van der Waals surface area contributed by atoms with Crippen molar-refractivity contribution in [3.8, 4) is 11.5 Å². The normalized spacial score (nSPS) is 17.5. The third-order valence-corrected chi connectivity index (χ3v) is 6.06. The second kappa shape index (κ2) is 7.36. The molecule has 0 aliphatic carbocycles. The predicted octanol–water partition coefficient (Wildman–Crippen LogP) is 3.60. The number of nitrogens with zero attached hydrogens (tertiary/aromatic N) is 1. The van der Waals surface area contributed by atoms with Gasteiger partial charge < -0.3 is 20.1 Å². The molecule has 29 heavy (non-hydrogen) atoms. The van der Waals surface area contributed by atoms with E-state index in [1.165, 1.54) is 11.3 Å². The first-order valence-corrected chi connectivity index (χ1v) is 10.4. The molecule has 0 saturated heterocycles. The Hall–Kier alpha value is -3.13. The smallest absolute Gasteiger partial charge is 0.227 e. The number of benzene rings is 2. The summed E-state index contributed by atoms with van der Waals surface area (Å²) in [5.41, 5.74) is 2.73. The Morgan fingerprint density at radius 3 is 2.86 bits per heavy atom. The van der Waals surface area contributed by atoms with Crippen LogP contribution in [0.2, 0.25) is 0 Å². The van der Waals surface area contributed by atoms with Gasteiger partial charge in [-0.25, -0.2) is 4.98 Å². The van der Waals surface area contributed by atoms with Crippen LogP contribution in [0, 0.1) is 5.92 Å². The fourth-order valence-corrected chi connectivity index (χ4v) is 4.54. The fourth-order valence-electron chi connectivity index (χ4n) is 3.65. The number of rotatable bonds is 4. The number of carbonyl (C=O) groups excluding carboxylic acids is 2. The SMILES string of the molecule is O=C(CC[C@H]1Cc2ccccc2NC1=O)Nc1nc2cc3c(cc2s1)OCCO3. The Labute approximate surface area is 171 Å². The van der Waals surface area contributed by atoms with Gasteiger partial charge >= 0.3 is 0 Å². The Morgan fingerprint density at radius 2 is 2.00 bits per heavy atom. The van der Waals surface area contributed by atoms with Crippen molar-refractivity contribution >= 4 is 44.2 Å². The van der Waals surface area contributed by atoms with Crippen molar-refractivity contribution in [2.45, 2.75) is 19.3 Å². The van der Waals surface area contributed by atoms with Gasteiger partial charge in [0.05, 0.1) is 10.2 Å². The molecule has 0 spiro atoms. The highest BCUT2D eigenvalue weighted by molar-refractivity contribution is 7.22. The Bertz CT molecular complexity index is 1070. The lowest BCUT2D eigenvalue weighted by Crippen LogP contribution is -2.30. The summed E-state index contributed by atoms with van der Waals surface area (Å²) >= 11 is 1.39. The highest BCUT2D eigenvalue weighted by Crippen LogP contribution is 2.38. The van der Waals surface area contributed by atoms with E-state index in [0.29, 0.717) is 42.7 Å². The third-order valence-electron chi connectivity index (χ3n) is 5.13. The lowest BCUT2D eigenvalue weighted by atomic mass is 9.89. The lowest BCUT2D eigenvalue weighted by molar-refractivity contribution is -0.121. The van der Waals surface area contributed by atoms with Crippen molar-refractivity contribution in [1.82, 2.24) is 4.98 Å². The summed E-state index contributed by atoms with van der Waals surface area (Å²) in [4.78, 5) is 29.2. The number of fused-ring (bicyclic) bond motifs is 3. The monoisotopic (exact) mass is 409 g/mol. The topological polar surface area (TPSA) is 89.6 Å². The van der Waals surface area contributed by atoms with E-state index in [0.717, 1.165) is 21.5 Å². The molecule has 0 unspecified atom stereocenters. The van der Waals surface area contributed by atoms with Gasteiger partial charge in [-0.15, -0.1) is 0 Å². The molecule has 2 aliphatic heterocycles. The zero-order valence-corrected chi connectivity index (χ0v) is 16.4. The zero-order chi connectivity index (χ0) is 19.8. The van der Waals surface area contributed by atoms with E-state index in [-0.39, 0.29) is 24.2 Å². The van der Waals surface area contributed by atoms with Crippen molar-refractivity contribution in [3.63, 3.8) is 0 Å². The number of amides is 2. The maximum atomic E-state index is 12.4. The van der Waals surface area contributed by atoms with Gasteiger partial charge in [0.2, 0.25) is 11.8 Å². The molecule has 2 aromatic carbocycles. The number of thiazole rings is 1. The van der Waals surface area contributed by atoms with E-state index >= 15 is 0 Å². The largest absolute Gasteiger partial charge is 0.486 e. The van der Waals surface area contributed by atoms with Crippen LogP contribution in [0.1, 0.15) is 18.4 Å². The van der Waals surface area contributed by atoms with Crippen LogP contribution in [0.25, 0.3) is 10.2 Å². The molecular weight excluding hydrogens is 390 g/mol. The molecule has 148 valence electrons. The summed E-state index contributed by atoms with van der Waals surface area (Å²) in [6, 6.07) is 11.5. The number of anilines is 2. The number of ether oxygens (including phenoxy) is 2. The van der Waals surface area contributed by atoms with E-state index in [4.69, 9.17) is 9.47 Å². The standard InChI is InChI=1S/C21H19N3O4S/c25-19(6-5-13-9-12-3-1-2-4-14(12)22-20(13)26)24-21-23-15-10-16-17(11-18(15)29-21)28-8-7-27-16/h1-4,10-11,13H,5-9H2,(H,22,26)(H,23,24,25)/t13-/m0/s1. The molecule has 7 nitrogen and oxygen atoms in total. The van der Waals surface area contributed by atoms with Crippen LogP contribution >= 0.6 is 11.3 Å². The first-order valence-electron chi connectivity index (χ1n) is 9.54. The summed E-state index contributed by atoms with van der Waals surface area (Å²) in [7, 11) is 0. The van der Waals surface area contributed by atoms with E-state index in [1.54, 1.807) is 0 Å². The quantitative estimate of drug-likeness (QED) is 0.687. The predicted molar refractivity (Wildman–Crippen MR) is 111 cm³/mol. The highest BCUT2D eigenvalue weighted by atomic mass is 32.1. The van der Waals surface area contributed by atoms with Crippen molar-refractivity contribution in [3.05, 3.63) is 42.0 Å². The number of para-hydroxylation sites is 1. The van der Waals surface area contributed by atoms with Gasteiger partial charge in [-0.1, -0.05) is 29.5 Å². The molecule has 8 heteroatoms. The summed E-state index contributed by atoms with van der Waals surface area (Å²) in [5, 5.41) is 6.31. The minimum absolute atomic E-state index is 0.0259. The van der Waals surface area contributed by atoms with Crippen LogP contribution in [-0.2, 0) is 16.0 Å². The molecule has 1 atom stereocenters. The average Bonchev–Trinajstić information content (AvgIpc) is 3.11. The molecule has 2 amide bonds. The fraction of sp³-hybridized carbons (Fsp3) is 0.286. The van der Waals surface area contributed by atoms with E-state index in [1.807, 2.05) is 36.4 Å². The van der Waals surface area contributed by atoms with Gasteiger partial charge in [-0.05, 0) is 24.5 Å². The Balaban J connectivity index is 1.22. The summed E-state index contributed by atoms with van der Waals surface area (Å²) in [5.74, 6) is 1.01. The molecular formula is C21H19N3O4S. The van der Waals surface area contributed by atoms with Crippen molar-refractivity contribution in [1.29, 1.82) is 0 Å². The van der Waals surface area contributed by atoms with Gasteiger partial charge in [-0.3, -0.25) is 9.59 Å². The van der Waals surface area contributed by atoms with Crippen LogP contribution in [0.3, 0.4) is 0 Å². The van der Waals surface area contributed by atoms with Gasteiger partial charge in [-0.2, -0.15) is 0 Å². The second-order valence-electron chi connectivity index (χ2n) is 7.12. The average molecular weight is 409 g/mol. The summed E-state index contributed by atoms with van der Waals surface area (Å²) in [6.45, 7) is 1.05. The van der Waals surface area contributed by atoms with E-state index in [9.17, 15) is 9.59 Å². The first-order chi connectivity index (χ1) is 14.2. The molecule has 0 saturated carbocycles. The van der Waals surface area contributed by atoms with Crippen LogP contribution in [0.5, 0.6) is 11.5 Å². The zero-order valence-electron chi connectivity index (χ0n) is 15.6. The summed E-state index contributed by atoms with van der Waals surface area (Å²) < 4.78 is 12.1. The van der Waals surface area contributed by atoms with Crippen molar-refractivity contribution in [2.75, 3.05) is 23.8 Å². The third kappa shape index (κ3) is 3.63. The van der Waals surface area contributed by atoms with Crippen molar-refractivity contribution < 1.29 is 19.1 Å². The number of hydrogen-bond acceptors (Lipinski definition) is 6. The van der Waals surface area contributed by atoms with Crippen LogP contribution in [-0.4, -0.2) is 30.0 Å². The minimum atomic E-state index is -0.202. The van der Waals surface area contributed by atoms with Gasteiger partial charge in [0.1, 0.15) is 13.2 Å². The van der Waals surface area contributed by atoms with Crippen LogP contribution in [0.4, 0.5) is 10.8 Å². The molecule has 0 radical (unpaired) electrons. The first kappa shape index (κ1) is 17.9. The number of nitrogens with one attached hydrogen (secondary N) is 2. The molecule has 3 aromatic rings. The van der Waals surface area contributed by atoms with Gasteiger partial charge in [0.25, 0.3) is 0 Å².